The van der Waals surface area contributed by atoms with Crippen molar-refractivity contribution in [3.8, 4) is 5.69 Å². The Hall–Kier alpha value is -3.55. The zero-order valence-corrected chi connectivity index (χ0v) is 18.2. The van der Waals surface area contributed by atoms with Gasteiger partial charge in [0.05, 0.1) is 11.3 Å². The molecule has 2 unspecified atom stereocenters. The normalized spacial score (nSPS) is 18.4. The Morgan fingerprint density at radius 2 is 1.94 bits per heavy atom. The number of piperidine rings is 1. The highest BCUT2D eigenvalue weighted by atomic mass is 19.1. The first-order valence-corrected chi connectivity index (χ1v) is 10.7. The van der Waals surface area contributed by atoms with Crippen LogP contribution in [-0.4, -0.2) is 44.1 Å². The van der Waals surface area contributed by atoms with Crippen LogP contribution >= 0.6 is 0 Å². The number of halogens is 1. The van der Waals surface area contributed by atoms with Crippen LogP contribution in [0.15, 0.2) is 55.1 Å². The molecule has 1 N–H and O–H groups in total. The van der Waals surface area contributed by atoms with Crippen molar-refractivity contribution in [3.05, 3.63) is 72.1 Å². The fourth-order valence-electron chi connectivity index (χ4n) is 4.15. The van der Waals surface area contributed by atoms with Gasteiger partial charge < -0.3 is 10.2 Å². The molecule has 2 aromatic carbocycles. The third-order valence-electron chi connectivity index (χ3n) is 5.89. The van der Waals surface area contributed by atoms with Crippen molar-refractivity contribution in [2.24, 2.45) is 5.92 Å². The quantitative estimate of drug-likeness (QED) is 0.657. The van der Waals surface area contributed by atoms with Crippen LogP contribution in [0.3, 0.4) is 0 Å². The van der Waals surface area contributed by atoms with Gasteiger partial charge in [-0.1, -0.05) is 11.6 Å². The van der Waals surface area contributed by atoms with Crippen LogP contribution in [0.5, 0.6) is 0 Å². The smallest absolute Gasteiger partial charge is 0.256 e. The lowest BCUT2D eigenvalue weighted by molar-refractivity contribution is -0.117. The highest BCUT2D eigenvalue weighted by Crippen LogP contribution is 2.28. The number of nitrogens with one attached hydrogen (secondary N) is 1. The van der Waals surface area contributed by atoms with Crippen molar-refractivity contribution in [3.63, 3.8) is 0 Å². The molecule has 3 aromatic rings. The van der Waals surface area contributed by atoms with Crippen LogP contribution in [0.25, 0.3) is 5.69 Å². The zero-order chi connectivity index (χ0) is 22.7. The maximum atomic E-state index is 13.6. The molecule has 1 aliphatic heterocycles. The summed E-state index contributed by atoms with van der Waals surface area (Å²) in [4.78, 5) is 31.9. The van der Waals surface area contributed by atoms with Crippen LogP contribution in [0.1, 0.15) is 42.1 Å². The molecule has 2 amide bonds. The van der Waals surface area contributed by atoms with E-state index in [0.717, 1.165) is 18.4 Å². The van der Waals surface area contributed by atoms with Gasteiger partial charge in [0.15, 0.2) is 0 Å². The predicted octanol–water partition coefficient (Wildman–Crippen LogP) is 3.98. The molecule has 1 aliphatic rings. The van der Waals surface area contributed by atoms with Crippen molar-refractivity contribution in [1.29, 1.82) is 0 Å². The number of hydrogen-bond acceptors (Lipinski definition) is 4. The maximum Gasteiger partial charge on any atom is 0.256 e. The van der Waals surface area contributed by atoms with Crippen LogP contribution < -0.4 is 5.32 Å². The number of carbonyl (C=O) groups excluding carboxylic acids is 2. The number of aromatic nitrogens is 3. The first-order chi connectivity index (χ1) is 15.4. The van der Waals surface area contributed by atoms with Gasteiger partial charge in [-0.3, -0.25) is 9.59 Å². The van der Waals surface area contributed by atoms with Crippen LogP contribution in [-0.2, 0) is 4.79 Å². The first-order valence-electron chi connectivity index (χ1n) is 10.7. The topological polar surface area (TPSA) is 80.1 Å². The molecule has 1 saturated heterocycles. The second kappa shape index (κ2) is 9.30. The molecule has 4 rings (SSSR count). The number of likely N-dealkylation sites (tertiary alicyclic amines) is 1. The highest BCUT2D eigenvalue weighted by Gasteiger charge is 2.32. The first kappa shape index (κ1) is 21.7. The molecular formula is C24H26FN5O2. The van der Waals surface area contributed by atoms with Crippen LogP contribution in [0.4, 0.5) is 10.1 Å². The van der Waals surface area contributed by atoms with Gasteiger partial charge in [0, 0.05) is 24.7 Å². The summed E-state index contributed by atoms with van der Waals surface area (Å²) in [5.74, 6) is -0.507. The van der Waals surface area contributed by atoms with Gasteiger partial charge in [-0.2, -0.15) is 5.10 Å². The maximum absolute atomic E-state index is 13.6. The molecule has 1 fully saturated rings. The lowest BCUT2D eigenvalue weighted by atomic mass is 9.90. The Labute approximate surface area is 186 Å². The molecule has 0 spiro atoms. The fraction of sp³-hybridized carbons (Fsp3) is 0.333. The number of hydrogen-bond donors (Lipinski definition) is 1. The lowest BCUT2D eigenvalue weighted by Crippen LogP contribution is -2.46. The highest BCUT2D eigenvalue weighted by molar-refractivity contribution is 5.98. The summed E-state index contributed by atoms with van der Waals surface area (Å²) in [5, 5.41) is 6.99. The van der Waals surface area contributed by atoms with Gasteiger partial charge in [-0.25, -0.2) is 14.1 Å². The number of amides is 2. The average Bonchev–Trinajstić information content (AvgIpc) is 3.31. The number of anilines is 1. The summed E-state index contributed by atoms with van der Waals surface area (Å²) in [6.45, 7) is 4.49. The van der Waals surface area contributed by atoms with E-state index in [9.17, 15) is 14.0 Å². The minimum absolute atomic E-state index is 0.0511. The van der Waals surface area contributed by atoms with E-state index in [4.69, 9.17) is 0 Å². The predicted molar refractivity (Wildman–Crippen MR) is 119 cm³/mol. The molecule has 1 aromatic heterocycles. The van der Waals surface area contributed by atoms with E-state index in [0.29, 0.717) is 29.9 Å². The minimum atomic E-state index is -0.347. The Kier molecular flexibility index (Phi) is 6.30. The number of aryl methyl sites for hydroxylation is 1. The molecule has 0 saturated carbocycles. The summed E-state index contributed by atoms with van der Waals surface area (Å²) in [5.41, 5.74) is 2.79. The van der Waals surface area contributed by atoms with Crippen molar-refractivity contribution in [1.82, 2.24) is 19.7 Å². The molecule has 166 valence electrons. The van der Waals surface area contributed by atoms with Gasteiger partial charge in [0.25, 0.3) is 5.91 Å². The molecule has 2 atom stereocenters. The second-order valence-electron chi connectivity index (χ2n) is 8.37. The molecular weight excluding hydrogens is 409 g/mol. The number of carbonyl (C=O) groups is 2. The van der Waals surface area contributed by atoms with Gasteiger partial charge >= 0.3 is 0 Å². The molecule has 0 aliphatic carbocycles. The van der Waals surface area contributed by atoms with Crippen molar-refractivity contribution in [2.45, 2.75) is 39.2 Å². The monoisotopic (exact) mass is 435 g/mol. The Morgan fingerprint density at radius 3 is 2.66 bits per heavy atom. The van der Waals surface area contributed by atoms with E-state index in [-0.39, 0.29) is 29.6 Å². The summed E-state index contributed by atoms with van der Waals surface area (Å²) in [6.07, 6.45) is 5.00. The molecule has 7 nitrogen and oxygen atoms in total. The van der Waals surface area contributed by atoms with E-state index in [1.807, 2.05) is 36.9 Å². The fourth-order valence-corrected chi connectivity index (χ4v) is 4.15. The average molecular weight is 436 g/mol. The van der Waals surface area contributed by atoms with Crippen molar-refractivity contribution < 1.29 is 14.0 Å². The Balaban J connectivity index is 1.48. The summed E-state index contributed by atoms with van der Waals surface area (Å²) < 4.78 is 14.7. The molecule has 2 heterocycles. The summed E-state index contributed by atoms with van der Waals surface area (Å²) in [7, 11) is 0. The Morgan fingerprint density at radius 1 is 1.16 bits per heavy atom. The zero-order valence-electron chi connectivity index (χ0n) is 18.2. The van der Waals surface area contributed by atoms with E-state index in [1.165, 1.54) is 30.6 Å². The van der Waals surface area contributed by atoms with Crippen molar-refractivity contribution in [2.75, 3.05) is 11.9 Å². The van der Waals surface area contributed by atoms with Gasteiger partial charge in [0.1, 0.15) is 18.5 Å². The third-order valence-corrected chi connectivity index (χ3v) is 5.89. The third kappa shape index (κ3) is 4.85. The lowest BCUT2D eigenvalue weighted by Gasteiger charge is -2.38. The van der Waals surface area contributed by atoms with E-state index in [1.54, 1.807) is 11.0 Å². The number of nitrogens with zero attached hydrogens (tertiary/aromatic N) is 4. The molecule has 0 radical (unpaired) electrons. The summed E-state index contributed by atoms with van der Waals surface area (Å²) in [6, 6.07) is 11.5. The largest absolute Gasteiger partial charge is 0.336 e. The van der Waals surface area contributed by atoms with Crippen molar-refractivity contribution >= 4 is 17.5 Å². The van der Waals surface area contributed by atoms with Gasteiger partial charge in [0.2, 0.25) is 5.91 Å². The molecule has 0 bridgehead atoms. The number of benzene rings is 2. The van der Waals surface area contributed by atoms with Gasteiger partial charge in [-0.05, 0) is 69.0 Å². The standard InChI is InChI=1S/C24H26FN5O2/c1-16-3-10-22(30-15-26-14-27-30)21(11-16)24(32)29-13-18(5-4-17(29)2)12-23(31)28-20-8-6-19(25)7-9-20/h3,6-11,14-15,17-18H,4-5,12-13H2,1-2H3,(H,28,31). The van der Waals surface area contributed by atoms with Gasteiger partial charge in [-0.15, -0.1) is 0 Å². The van der Waals surface area contributed by atoms with Crippen LogP contribution in [0.2, 0.25) is 0 Å². The number of rotatable bonds is 5. The van der Waals surface area contributed by atoms with E-state index >= 15 is 0 Å². The SMILES string of the molecule is Cc1ccc(-n2cncn2)c(C(=O)N2CC(CC(=O)Nc3ccc(F)cc3)CCC2C)c1. The van der Waals surface area contributed by atoms with Crippen LogP contribution in [0, 0.1) is 18.7 Å². The summed E-state index contributed by atoms with van der Waals surface area (Å²) >= 11 is 0. The van der Waals surface area contributed by atoms with E-state index in [2.05, 4.69) is 15.4 Å². The van der Waals surface area contributed by atoms with E-state index < -0.39 is 0 Å². The second-order valence-corrected chi connectivity index (χ2v) is 8.37. The Bertz CT molecular complexity index is 1100. The minimum Gasteiger partial charge on any atom is -0.336 e. The molecule has 8 heteroatoms. The molecule has 32 heavy (non-hydrogen) atoms.